The number of hydrogen-bond acceptors (Lipinski definition) is 7. The summed E-state index contributed by atoms with van der Waals surface area (Å²) < 4.78 is 27.6. The van der Waals surface area contributed by atoms with Gasteiger partial charge < -0.3 is 10.2 Å². The van der Waals surface area contributed by atoms with Crippen molar-refractivity contribution in [2.24, 2.45) is 0 Å². The molecule has 2 aliphatic rings. The molecule has 0 radical (unpaired) electrons. The molecule has 2 fully saturated rings. The van der Waals surface area contributed by atoms with Crippen LogP contribution in [0.3, 0.4) is 0 Å². The molecule has 0 saturated carbocycles. The van der Waals surface area contributed by atoms with Crippen LogP contribution in [0.2, 0.25) is 0 Å². The quantitative estimate of drug-likeness (QED) is 0.689. The van der Waals surface area contributed by atoms with Gasteiger partial charge in [0.25, 0.3) is 0 Å². The Kier molecular flexibility index (Phi) is 7.44. The smallest absolute Gasteiger partial charge is 0.243 e. The SMILES string of the molecule is Cc1ccc(S(=O)(=O)N2CCCCC2)cc1NC(=O)CN1CCCN(c2nccs2)CC1. The summed E-state index contributed by atoms with van der Waals surface area (Å²) in [5, 5.41) is 5.95. The number of carbonyl (C=O) groups excluding carboxylic acids is 1. The third-order valence-corrected chi connectivity index (χ3v) is 8.81. The second-order valence-electron chi connectivity index (χ2n) is 8.42. The number of anilines is 2. The van der Waals surface area contributed by atoms with E-state index in [1.54, 1.807) is 33.8 Å². The van der Waals surface area contributed by atoms with Crippen LogP contribution < -0.4 is 10.2 Å². The van der Waals surface area contributed by atoms with Crippen molar-refractivity contribution in [3.05, 3.63) is 35.3 Å². The summed E-state index contributed by atoms with van der Waals surface area (Å²) in [5.74, 6) is -0.122. The Hall–Kier alpha value is -2.01. The molecule has 4 rings (SSSR count). The first-order chi connectivity index (χ1) is 15.4. The Morgan fingerprint density at radius 3 is 2.62 bits per heavy atom. The van der Waals surface area contributed by atoms with Gasteiger partial charge in [-0.2, -0.15) is 4.31 Å². The minimum Gasteiger partial charge on any atom is -0.347 e. The van der Waals surface area contributed by atoms with Gasteiger partial charge in [-0.25, -0.2) is 13.4 Å². The molecule has 10 heteroatoms. The van der Waals surface area contributed by atoms with E-state index in [0.29, 0.717) is 18.8 Å². The zero-order chi connectivity index (χ0) is 22.6. The van der Waals surface area contributed by atoms with Crippen LogP contribution in [-0.4, -0.2) is 74.3 Å². The molecule has 1 amide bonds. The maximum Gasteiger partial charge on any atom is 0.243 e. The number of piperidine rings is 1. The highest BCUT2D eigenvalue weighted by Crippen LogP contribution is 2.25. The van der Waals surface area contributed by atoms with E-state index in [-0.39, 0.29) is 17.3 Å². The topological polar surface area (TPSA) is 85.8 Å². The predicted octanol–water partition coefficient (Wildman–Crippen LogP) is 2.78. The molecule has 1 N–H and O–H groups in total. The maximum atomic E-state index is 13.0. The van der Waals surface area contributed by atoms with Crippen LogP contribution in [0.25, 0.3) is 0 Å². The van der Waals surface area contributed by atoms with Gasteiger partial charge >= 0.3 is 0 Å². The zero-order valence-corrected chi connectivity index (χ0v) is 20.1. The molecule has 0 bridgehead atoms. The molecule has 2 aliphatic heterocycles. The summed E-state index contributed by atoms with van der Waals surface area (Å²) in [6.45, 7) is 6.69. The molecule has 0 unspecified atom stereocenters. The third kappa shape index (κ3) is 5.48. The number of rotatable bonds is 6. The fraction of sp³-hybridized carbons (Fsp3) is 0.545. The normalized spacial score (nSPS) is 19.0. The first-order valence-electron chi connectivity index (χ1n) is 11.2. The van der Waals surface area contributed by atoms with E-state index in [9.17, 15) is 13.2 Å². The number of aryl methyl sites for hydroxylation is 1. The van der Waals surface area contributed by atoms with E-state index in [2.05, 4.69) is 20.1 Å². The molecular formula is C22H31N5O3S2. The Bertz CT molecular complexity index is 1020. The number of sulfonamides is 1. The molecule has 174 valence electrons. The van der Waals surface area contributed by atoms with Crippen molar-refractivity contribution in [3.8, 4) is 0 Å². The van der Waals surface area contributed by atoms with Gasteiger partial charge in [-0.15, -0.1) is 11.3 Å². The maximum absolute atomic E-state index is 13.0. The number of nitrogens with zero attached hydrogens (tertiary/aromatic N) is 4. The molecule has 32 heavy (non-hydrogen) atoms. The fourth-order valence-electron chi connectivity index (χ4n) is 4.24. The number of thiazole rings is 1. The van der Waals surface area contributed by atoms with Crippen molar-refractivity contribution < 1.29 is 13.2 Å². The highest BCUT2D eigenvalue weighted by molar-refractivity contribution is 7.89. The van der Waals surface area contributed by atoms with Gasteiger partial charge in [-0.3, -0.25) is 9.69 Å². The van der Waals surface area contributed by atoms with Crippen LogP contribution in [0.1, 0.15) is 31.2 Å². The van der Waals surface area contributed by atoms with E-state index in [1.807, 2.05) is 18.5 Å². The van der Waals surface area contributed by atoms with Crippen LogP contribution in [0.5, 0.6) is 0 Å². The number of carbonyl (C=O) groups is 1. The van der Waals surface area contributed by atoms with Gasteiger partial charge in [0, 0.05) is 56.5 Å². The predicted molar refractivity (Wildman–Crippen MR) is 128 cm³/mol. The lowest BCUT2D eigenvalue weighted by atomic mass is 10.2. The second-order valence-corrected chi connectivity index (χ2v) is 11.2. The Morgan fingerprint density at radius 1 is 1.06 bits per heavy atom. The minimum absolute atomic E-state index is 0.122. The van der Waals surface area contributed by atoms with E-state index in [0.717, 1.165) is 62.6 Å². The van der Waals surface area contributed by atoms with E-state index < -0.39 is 10.0 Å². The largest absolute Gasteiger partial charge is 0.347 e. The van der Waals surface area contributed by atoms with Crippen LogP contribution >= 0.6 is 11.3 Å². The zero-order valence-electron chi connectivity index (χ0n) is 18.5. The Balaban J connectivity index is 1.38. The molecular weight excluding hydrogens is 446 g/mol. The second kappa shape index (κ2) is 10.3. The lowest BCUT2D eigenvalue weighted by molar-refractivity contribution is -0.117. The van der Waals surface area contributed by atoms with Crippen molar-refractivity contribution >= 4 is 38.1 Å². The Morgan fingerprint density at radius 2 is 1.88 bits per heavy atom. The standard InChI is InChI=1S/C22H31N5O3S2/c1-18-6-7-19(32(29,30)27-11-3-2-4-12-27)16-20(18)24-21(28)17-25-9-5-10-26(14-13-25)22-23-8-15-31-22/h6-8,15-16H,2-5,9-14,17H2,1H3,(H,24,28). The van der Waals surface area contributed by atoms with Crippen molar-refractivity contribution in [1.29, 1.82) is 0 Å². The number of hydrogen-bond donors (Lipinski definition) is 1. The average molecular weight is 478 g/mol. The average Bonchev–Trinajstić information content (AvgIpc) is 3.23. The highest BCUT2D eigenvalue weighted by atomic mass is 32.2. The summed E-state index contributed by atoms with van der Waals surface area (Å²) in [5.41, 5.74) is 1.41. The molecule has 3 heterocycles. The van der Waals surface area contributed by atoms with E-state index >= 15 is 0 Å². The Labute approximate surface area is 194 Å². The van der Waals surface area contributed by atoms with Crippen molar-refractivity contribution in [2.75, 3.05) is 56.0 Å². The molecule has 1 aromatic carbocycles. The lowest BCUT2D eigenvalue weighted by Gasteiger charge is -2.26. The third-order valence-electron chi connectivity index (χ3n) is 6.08. The van der Waals surface area contributed by atoms with Crippen LogP contribution in [0, 0.1) is 6.92 Å². The lowest BCUT2D eigenvalue weighted by Crippen LogP contribution is -2.37. The summed E-state index contributed by atoms with van der Waals surface area (Å²) in [7, 11) is -3.54. The monoisotopic (exact) mass is 477 g/mol. The molecule has 2 aromatic rings. The number of nitrogens with one attached hydrogen (secondary N) is 1. The minimum atomic E-state index is -3.54. The van der Waals surface area contributed by atoms with Gasteiger partial charge in [0.2, 0.25) is 15.9 Å². The first-order valence-corrected chi connectivity index (χ1v) is 13.5. The molecule has 1 aromatic heterocycles. The van der Waals surface area contributed by atoms with Crippen LogP contribution in [0.4, 0.5) is 10.8 Å². The van der Waals surface area contributed by atoms with Crippen LogP contribution in [-0.2, 0) is 14.8 Å². The molecule has 2 saturated heterocycles. The molecule has 0 aliphatic carbocycles. The van der Waals surface area contributed by atoms with E-state index in [4.69, 9.17) is 0 Å². The van der Waals surface area contributed by atoms with Crippen molar-refractivity contribution in [2.45, 2.75) is 37.5 Å². The fourth-order valence-corrected chi connectivity index (χ4v) is 6.48. The van der Waals surface area contributed by atoms with E-state index in [1.165, 1.54) is 0 Å². The summed E-state index contributed by atoms with van der Waals surface area (Å²) in [6.07, 6.45) is 5.64. The molecule has 8 nitrogen and oxygen atoms in total. The highest BCUT2D eigenvalue weighted by Gasteiger charge is 2.26. The van der Waals surface area contributed by atoms with Crippen molar-refractivity contribution in [1.82, 2.24) is 14.2 Å². The number of amides is 1. The number of aromatic nitrogens is 1. The van der Waals surface area contributed by atoms with Crippen LogP contribution in [0.15, 0.2) is 34.7 Å². The van der Waals surface area contributed by atoms with Gasteiger partial charge in [0.1, 0.15) is 0 Å². The molecule has 0 atom stereocenters. The van der Waals surface area contributed by atoms with Gasteiger partial charge in [0.15, 0.2) is 5.13 Å². The summed E-state index contributed by atoms with van der Waals surface area (Å²) in [4.78, 5) is 21.8. The first kappa shape index (κ1) is 23.2. The van der Waals surface area contributed by atoms with Gasteiger partial charge in [-0.1, -0.05) is 12.5 Å². The number of benzene rings is 1. The van der Waals surface area contributed by atoms with Gasteiger partial charge in [0.05, 0.1) is 11.4 Å². The molecule has 0 spiro atoms. The summed E-state index contributed by atoms with van der Waals surface area (Å²) >= 11 is 1.64. The van der Waals surface area contributed by atoms with Gasteiger partial charge in [-0.05, 0) is 43.9 Å². The summed E-state index contributed by atoms with van der Waals surface area (Å²) in [6, 6.07) is 5.00. The van der Waals surface area contributed by atoms with Crippen molar-refractivity contribution in [3.63, 3.8) is 0 Å².